The van der Waals surface area contributed by atoms with Crippen LogP contribution in [0.3, 0.4) is 0 Å². The van der Waals surface area contributed by atoms with E-state index in [0.717, 1.165) is 17.7 Å². The van der Waals surface area contributed by atoms with E-state index in [1.165, 1.54) is 6.07 Å². The highest BCUT2D eigenvalue weighted by atomic mass is 32.2. The van der Waals surface area contributed by atoms with Gasteiger partial charge in [0.2, 0.25) is 10.0 Å². The van der Waals surface area contributed by atoms with Crippen LogP contribution in [0.15, 0.2) is 53.4 Å². The first-order valence-corrected chi connectivity index (χ1v) is 11.5. The van der Waals surface area contributed by atoms with Gasteiger partial charge < -0.3 is 10.0 Å². The van der Waals surface area contributed by atoms with Crippen LogP contribution in [0.4, 0.5) is 4.39 Å². The maximum atomic E-state index is 14.2. The van der Waals surface area contributed by atoms with Crippen LogP contribution >= 0.6 is 0 Å². The molecule has 0 aromatic heterocycles. The van der Waals surface area contributed by atoms with Gasteiger partial charge in [-0.2, -0.15) is 0 Å². The number of hydrogen-bond acceptors (Lipinski definition) is 4. The van der Waals surface area contributed by atoms with E-state index in [1.54, 1.807) is 18.7 Å². The lowest BCUT2D eigenvalue weighted by Crippen LogP contribution is -2.40. The van der Waals surface area contributed by atoms with Crippen LogP contribution < -0.4 is 4.72 Å². The Balaban J connectivity index is 1.70. The largest absolute Gasteiger partial charge is 0.388 e. The van der Waals surface area contributed by atoms with Crippen molar-refractivity contribution in [1.29, 1.82) is 0 Å². The van der Waals surface area contributed by atoms with E-state index < -0.39 is 32.9 Å². The van der Waals surface area contributed by atoms with Crippen LogP contribution in [0.2, 0.25) is 0 Å². The van der Waals surface area contributed by atoms with Gasteiger partial charge in [0.1, 0.15) is 10.7 Å². The molecule has 1 aliphatic heterocycles. The van der Waals surface area contributed by atoms with Gasteiger partial charge >= 0.3 is 0 Å². The van der Waals surface area contributed by atoms with Gasteiger partial charge in [0, 0.05) is 24.7 Å². The lowest BCUT2D eigenvalue weighted by atomic mass is 9.87. The van der Waals surface area contributed by atoms with Crippen molar-refractivity contribution in [1.82, 2.24) is 9.62 Å². The predicted molar refractivity (Wildman–Crippen MR) is 112 cm³/mol. The second-order valence-electron chi connectivity index (χ2n) is 7.91. The molecule has 0 saturated carbocycles. The molecule has 1 heterocycles. The molecule has 162 valence electrons. The Morgan fingerprint density at radius 2 is 1.77 bits per heavy atom. The van der Waals surface area contributed by atoms with Crippen LogP contribution in [0.5, 0.6) is 0 Å². The van der Waals surface area contributed by atoms with Crippen molar-refractivity contribution < 1.29 is 22.7 Å². The minimum absolute atomic E-state index is 0.0378. The lowest BCUT2D eigenvalue weighted by molar-refractivity contribution is 0.0462. The second-order valence-corrected chi connectivity index (χ2v) is 9.59. The number of rotatable bonds is 6. The molecule has 1 aliphatic rings. The fourth-order valence-corrected chi connectivity index (χ4v) is 5.09. The number of amides is 1. The number of piperidine rings is 1. The van der Waals surface area contributed by atoms with Crippen LogP contribution in [0.25, 0.3) is 0 Å². The summed E-state index contributed by atoms with van der Waals surface area (Å²) in [6.07, 6.45) is 0.666. The summed E-state index contributed by atoms with van der Waals surface area (Å²) in [6, 6.07) is 12.4. The van der Waals surface area contributed by atoms with Gasteiger partial charge in [-0.25, -0.2) is 17.5 Å². The summed E-state index contributed by atoms with van der Waals surface area (Å²) in [5.74, 6) is -1.20. The normalized spacial score (nSPS) is 16.6. The molecule has 2 N–H and O–H groups in total. The van der Waals surface area contributed by atoms with Gasteiger partial charge in [0.15, 0.2) is 0 Å². The van der Waals surface area contributed by atoms with Gasteiger partial charge in [-0.3, -0.25) is 4.79 Å². The molecule has 1 saturated heterocycles. The SMILES string of the molecule is CC(C)NS(=O)(=O)c1cc(C(=O)N2CCC(C(O)c3ccccc3)CC2)ccc1F. The molecule has 1 atom stereocenters. The zero-order valence-electron chi connectivity index (χ0n) is 17.1. The molecule has 30 heavy (non-hydrogen) atoms. The zero-order chi connectivity index (χ0) is 21.9. The molecular weight excluding hydrogens is 407 g/mol. The third kappa shape index (κ3) is 5.06. The van der Waals surface area contributed by atoms with Crippen LogP contribution in [-0.2, 0) is 10.0 Å². The number of aliphatic hydroxyl groups excluding tert-OH is 1. The van der Waals surface area contributed by atoms with Crippen LogP contribution in [0.1, 0.15) is 48.7 Å². The smallest absolute Gasteiger partial charge is 0.253 e. The number of sulfonamides is 1. The summed E-state index contributed by atoms with van der Waals surface area (Å²) in [5.41, 5.74) is 0.982. The predicted octanol–water partition coefficient (Wildman–Crippen LogP) is 3.10. The summed E-state index contributed by atoms with van der Waals surface area (Å²) in [5, 5.41) is 10.6. The first-order valence-electron chi connectivity index (χ1n) is 10.0. The van der Waals surface area contributed by atoms with E-state index in [2.05, 4.69) is 4.72 Å². The van der Waals surface area contributed by atoms with E-state index in [1.807, 2.05) is 30.3 Å². The molecule has 8 heteroatoms. The highest BCUT2D eigenvalue weighted by molar-refractivity contribution is 7.89. The molecule has 0 spiro atoms. The van der Waals surface area contributed by atoms with Gasteiger partial charge in [-0.05, 0) is 56.4 Å². The van der Waals surface area contributed by atoms with E-state index in [0.29, 0.717) is 25.9 Å². The Morgan fingerprint density at radius 3 is 2.37 bits per heavy atom. The molecule has 0 radical (unpaired) electrons. The number of halogens is 1. The van der Waals surface area contributed by atoms with E-state index >= 15 is 0 Å². The standard InChI is InChI=1S/C22H27FN2O4S/c1-15(2)24-30(28,29)20-14-18(8-9-19(20)23)22(27)25-12-10-17(11-13-25)21(26)16-6-4-3-5-7-16/h3-9,14-15,17,21,24,26H,10-13H2,1-2H3. The lowest BCUT2D eigenvalue weighted by Gasteiger charge is -2.34. The topological polar surface area (TPSA) is 86.7 Å². The molecule has 0 aliphatic carbocycles. The average Bonchev–Trinajstić information content (AvgIpc) is 2.73. The van der Waals surface area contributed by atoms with E-state index in [9.17, 15) is 22.7 Å². The van der Waals surface area contributed by atoms with Crippen molar-refractivity contribution in [3.63, 3.8) is 0 Å². The number of nitrogens with one attached hydrogen (secondary N) is 1. The summed E-state index contributed by atoms with van der Waals surface area (Å²) in [7, 11) is -4.06. The Morgan fingerprint density at radius 1 is 1.13 bits per heavy atom. The van der Waals surface area contributed by atoms with Gasteiger partial charge in [-0.15, -0.1) is 0 Å². The highest BCUT2D eigenvalue weighted by Gasteiger charge is 2.30. The van der Waals surface area contributed by atoms with E-state index in [-0.39, 0.29) is 17.4 Å². The van der Waals surface area contributed by atoms with Crippen molar-refractivity contribution in [2.24, 2.45) is 5.92 Å². The number of aliphatic hydroxyl groups is 1. The molecule has 3 rings (SSSR count). The maximum Gasteiger partial charge on any atom is 0.253 e. The van der Waals surface area contributed by atoms with Crippen molar-refractivity contribution in [2.45, 2.75) is 43.7 Å². The van der Waals surface area contributed by atoms with Gasteiger partial charge in [0.05, 0.1) is 6.10 Å². The number of nitrogens with zero attached hydrogens (tertiary/aromatic N) is 1. The van der Waals surface area contributed by atoms with Crippen molar-refractivity contribution >= 4 is 15.9 Å². The fraction of sp³-hybridized carbons (Fsp3) is 0.409. The first kappa shape index (κ1) is 22.4. The molecule has 6 nitrogen and oxygen atoms in total. The van der Waals surface area contributed by atoms with Crippen LogP contribution in [-0.4, -0.2) is 43.5 Å². The molecule has 2 aromatic rings. The van der Waals surface area contributed by atoms with E-state index in [4.69, 9.17) is 0 Å². The molecule has 1 unspecified atom stereocenters. The first-order chi connectivity index (χ1) is 14.2. The Hall–Kier alpha value is -2.29. The Labute approximate surface area is 176 Å². The van der Waals surface area contributed by atoms with Crippen molar-refractivity contribution in [3.05, 3.63) is 65.5 Å². The average molecular weight is 435 g/mol. The number of hydrogen-bond donors (Lipinski definition) is 2. The van der Waals surface area contributed by atoms with Gasteiger partial charge in [-0.1, -0.05) is 30.3 Å². The third-order valence-electron chi connectivity index (χ3n) is 5.27. The second kappa shape index (κ2) is 9.24. The zero-order valence-corrected chi connectivity index (χ0v) is 17.9. The Kier molecular flexibility index (Phi) is 6.90. The highest BCUT2D eigenvalue weighted by Crippen LogP contribution is 2.31. The summed E-state index contributed by atoms with van der Waals surface area (Å²) >= 11 is 0. The van der Waals surface area contributed by atoms with Crippen molar-refractivity contribution in [2.75, 3.05) is 13.1 Å². The number of benzene rings is 2. The molecule has 0 bridgehead atoms. The minimum atomic E-state index is -4.06. The Bertz CT molecular complexity index is 987. The monoisotopic (exact) mass is 434 g/mol. The number of carbonyl (C=O) groups excluding carboxylic acids is 1. The molecular formula is C22H27FN2O4S. The maximum absolute atomic E-state index is 14.2. The summed E-state index contributed by atoms with van der Waals surface area (Å²) in [6.45, 7) is 4.16. The number of carbonyl (C=O) groups is 1. The minimum Gasteiger partial charge on any atom is -0.388 e. The van der Waals surface area contributed by atoms with Gasteiger partial charge in [0.25, 0.3) is 5.91 Å². The third-order valence-corrected chi connectivity index (χ3v) is 6.95. The summed E-state index contributed by atoms with van der Waals surface area (Å²) in [4.78, 5) is 14.0. The van der Waals surface area contributed by atoms with Crippen LogP contribution in [0, 0.1) is 11.7 Å². The molecule has 2 aromatic carbocycles. The molecule has 1 fully saturated rings. The quantitative estimate of drug-likeness (QED) is 0.732. The molecule has 1 amide bonds. The summed E-state index contributed by atoms with van der Waals surface area (Å²) < 4.78 is 41.2. The van der Waals surface area contributed by atoms with Crippen molar-refractivity contribution in [3.8, 4) is 0 Å². The fourth-order valence-electron chi connectivity index (χ4n) is 3.74. The number of likely N-dealkylation sites (tertiary alicyclic amines) is 1.